The highest BCUT2D eigenvalue weighted by molar-refractivity contribution is 7.89. The van der Waals surface area contributed by atoms with Gasteiger partial charge in [0, 0.05) is 12.0 Å². The molecular weight excluding hydrogens is 410 g/mol. The molecule has 5 nitrogen and oxygen atoms in total. The van der Waals surface area contributed by atoms with Gasteiger partial charge in [-0.2, -0.15) is 0 Å². The Balaban J connectivity index is 1.48. The zero-order chi connectivity index (χ0) is 21.5. The van der Waals surface area contributed by atoms with E-state index in [1.165, 1.54) is 6.42 Å². The highest BCUT2D eigenvalue weighted by Gasteiger charge is 2.42. The molecule has 5 rings (SSSR count). The number of methoxy groups -OCH3 is 1. The molecule has 0 bridgehead atoms. The molecule has 31 heavy (non-hydrogen) atoms. The van der Waals surface area contributed by atoms with Crippen LogP contribution >= 0.6 is 0 Å². The monoisotopic (exact) mass is 437 g/mol. The van der Waals surface area contributed by atoms with E-state index in [0.29, 0.717) is 6.42 Å². The zero-order valence-electron chi connectivity index (χ0n) is 17.6. The average molecular weight is 438 g/mol. The molecule has 2 aliphatic rings. The van der Waals surface area contributed by atoms with Gasteiger partial charge < -0.3 is 9.47 Å². The molecule has 1 N–H and O–H groups in total. The van der Waals surface area contributed by atoms with E-state index >= 15 is 0 Å². The number of hydrogen-bond acceptors (Lipinski definition) is 4. The van der Waals surface area contributed by atoms with E-state index < -0.39 is 10.0 Å². The van der Waals surface area contributed by atoms with Gasteiger partial charge in [-0.3, -0.25) is 0 Å². The molecule has 1 aliphatic carbocycles. The molecule has 1 atom stereocenters. The van der Waals surface area contributed by atoms with Crippen molar-refractivity contribution in [3.63, 3.8) is 0 Å². The van der Waals surface area contributed by atoms with E-state index in [-0.39, 0.29) is 16.5 Å². The van der Waals surface area contributed by atoms with Gasteiger partial charge in [0.05, 0.1) is 18.0 Å². The van der Waals surface area contributed by atoms with E-state index in [4.69, 9.17) is 9.47 Å². The minimum atomic E-state index is -3.70. The first-order valence-electron chi connectivity index (χ1n) is 10.9. The van der Waals surface area contributed by atoms with Crippen LogP contribution in [0.15, 0.2) is 65.6 Å². The molecule has 3 aromatic rings. The van der Waals surface area contributed by atoms with Crippen LogP contribution in [0.25, 0.3) is 10.8 Å². The zero-order valence-corrected chi connectivity index (χ0v) is 18.5. The highest BCUT2D eigenvalue weighted by Crippen LogP contribution is 2.46. The molecule has 0 radical (unpaired) electrons. The van der Waals surface area contributed by atoms with Gasteiger partial charge in [-0.05, 0) is 66.8 Å². The Morgan fingerprint density at radius 3 is 2.52 bits per heavy atom. The van der Waals surface area contributed by atoms with Crippen LogP contribution in [-0.4, -0.2) is 21.1 Å². The summed E-state index contributed by atoms with van der Waals surface area (Å²) in [5, 5.41) is 1.80. The summed E-state index contributed by atoms with van der Waals surface area (Å²) in [7, 11) is -2.08. The van der Waals surface area contributed by atoms with Crippen LogP contribution in [-0.2, 0) is 10.0 Å². The smallest absolute Gasteiger partial charge is 0.241 e. The average Bonchev–Trinajstić information content (AvgIpc) is 2.78. The van der Waals surface area contributed by atoms with Crippen LogP contribution in [0.4, 0.5) is 0 Å². The first kappa shape index (κ1) is 20.3. The Labute approximate surface area is 183 Å². The van der Waals surface area contributed by atoms with Crippen molar-refractivity contribution >= 4 is 20.8 Å². The molecule has 1 saturated carbocycles. The van der Waals surface area contributed by atoms with E-state index in [1.54, 1.807) is 19.2 Å². The molecule has 6 heteroatoms. The maximum absolute atomic E-state index is 13.4. The lowest BCUT2D eigenvalue weighted by Gasteiger charge is -2.44. The first-order chi connectivity index (χ1) is 15.0. The largest absolute Gasteiger partial charge is 0.497 e. The van der Waals surface area contributed by atoms with Crippen LogP contribution in [0, 0.1) is 0 Å². The van der Waals surface area contributed by atoms with Gasteiger partial charge in [-0.15, -0.1) is 0 Å². The van der Waals surface area contributed by atoms with Crippen molar-refractivity contribution in [1.82, 2.24) is 4.72 Å². The van der Waals surface area contributed by atoms with Crippen molar-refractivity contribution in [2.24, 2.45) is 0 Å². The van der Waals surface area contributed by atoms with E-state index in [9.17, 15) is 8.42 Å². The molecule has 1 heterocycles. The minimum absolute atomic E-state index is 0.270. The molecule has 1 aliphatic heterocycles. The number of hydrogen-bond donors (Lipinski definition) is 1. The van der Waals surface area contributed by atoms with Gasteiger partial charge in [0.1, 0.15) is 17.1 Å². The molecule has 3 aromatic carbocycles. The number of fused-ring (bicyclic) bond motifs is 2. The summed E-state index contributed by atoms with van der Waals surface area (Å²) in [4.78, 5) is 0.270. The van der Waals surface area contributed by atoms with Crippen molar-refractivity contribution < 1.29 is 17.9 Å². The third kappa shape index (κ3) is 3.90. The quantitative estimate of drug-likeness (QED) is 0.597. The normalized spacial score (nSPS) is 20.2. The fraction of sp³-hybridized carbons (Fsp3) is 0.360. The summed E-state index contributed by atoms with van der Waals surface area (Å²) in [5.74, 6) is 1.55. The van der Waals surface area contributed by atoms with Crippen LogP contribution < -0.4 is 14.2 Å². The topological polar surface area (TPSA) is 64.6 Å². The maximum Gasteiger partial charge on any atom is 0.241 e. The lowest BCUT2D eigenvalue weighted by molar-refractivity contribution is 0.0000753. The molecule has 0 unspecified atom stereocenters. The summed E-state index contributed by atoms with van der Waals surface area (Å²) >= 11 is 0. The predicted octanol–water partition coefficient (Wildman–Crippen LogP) is 5.35. The SMILES string of the molecule is COc1ccc2cc(S(=O)(=O)N[C@H]3CC4(CCCCC4)Oc4ccccc43)ccc2c1. The van der Waals surface area contributed by atoms with Gasteiger partial charge in [-0.1, -0.05) is 36.8 Å². The van der Waals surface area contributed by atoms with Crippen LogP contribution in [0.3, 0.4) is 0 Å². The third-order valence-corrected chi connectivity index (χ3v) is 8.06. The van der Waals surface area contributed by atoms with Gasteiger partial charge in [0.25, 0.3) is 0 Å². The number of benzene rings is 3. The van der Waals surface area contributed by atoms with Gasteiger partial charge in [0.15, 0.2) is 0 Å². The molecular formula is C25H27NO4S. The molecule has 1 fully saturated rings. The maximum atomic E-state index is 13.4. The van der Waals surface area contributed by atoms with Crippen LogP contribution in [0.1, 0.15) is 50.1 Å². The van der Waals surface area contributed by atoms with Gasteiger partial charge in [0.2, 0.25) is 10.0 Å². The molecule has 0 aromatic heterocycles. The first-order valence-corrected chi connectivity index (χ1v) is 12.3. The molecule has 162 valence electrons. The Bertz CT molecular complexity index is 1220. The lowest BCUT2D eigenvalue weighted by Crippen LogP contribution is -2.46. The molecule has 0 saturated heterocycles. The minimum Gasteiger partial charge on any atom is -0.497 e. The molecule has 1 spiro atoms. The van der Waals surface area contributed by atoms with Crippen molar-refractivity contribution in [2.45, 2.75) is 55.1 Å². The van der Waals surface area contributed by atoms with E-state index in [2.05, 4.69) is 4.72 Å². The van der Waals surface area contributed by atoms with E-state index in [0.717, 1.165) is 53.5 Å². The number of sulfonamides is 1. The van der Waals surface area contributed by atoms with Crippen molar-refractivity contribution in [2.75, 3.05) is 7.11 Å². The number of para-hydroxylation sites is 1. The Morgan fingerprint density at radius 2 is 1.71 bits per heavy atom. The summed E-state index contributed by atoms with van der Waals surface area (Å²) in [5.41, 5.74) is 0.632. The summed E-state index contributed by atoms with van der Waals surface area (Å²) < 4.78 is 41.4. The second-order valence-electron chi connectivity index (χ2n) is 8.64. The summed E-state index contributed by atoms with van der Waals surface area (Å²) in [6.45, 7) is 0. The van der Waals surface area contributed by atoms with Gasteiger partial charge >= 0.3 is 0 Å². The standard InChI is InChI=1S/C25H27NO4S/c1-29-20-11-9-19-16-21(12-10-18(19)15-20)31(27,28)26-23-17-25(13-5-2-6-14-25)30-24-8-4-3-7-22(23)24/h3-4,7-12,15-16,23,26H,2,5-6,13-14,17H2,1H3/t23-/m0/s1. The highest BCUT2D eigenvalue weighted by atomic mass is 32.2. The number of nitrogens with one attached hydrogen (secondary N) is 1. The van der Waals surface area contributed by atoms with Crippen molar-refractivity contribution in [3.05, 3.63) is 66.2 Å². The second kappa shape index (κ2) is 7.84. The summed E-state index contributed by atoms with van der Waals surface area (Å²) in [6, 6.07) is 18.3. The lowest BCUT2D eigenvalue weighted by atomic mass is 9.77. The van der Waals surface area contributed by atoms with Gasteiger partial charge in [-0.25, -0.2) is 13.1 Å². The van der Waals surface area contributed by atoms with Crippen molar-refractivity contribution in [1.29, 1.82) is 0 Å². The number of rotatable bonds is 4. The van der Waals surface area contributed by atoms with Crippen molar-refractivity contribution in [3.8, 4) is 11.5 Å². The third-order valence-electron chi connectivity index (χ3n) is 6.59. The summed E-state index contributed by atoms with van der Waals surface area (Å²) in [6.07, 6.45) is 6.05. The van der Waals surface area contributed by atoms with E-state index in [1.807, 2.05) is 48.5 Å². The number of ether oxygens (including phenoxy) is 2. The van der Waals surface area contributed by atoms with Crippen LogP contribution in [0.2, 0.25) is 0 Å². The van der Waals surface area contributed by atoms with Crippen LogP contribution in [0.5, 0.6) is 11.5 Å². The fourth-order valence-electron chi connectivity index (χ4n) is 4.98. The fourth-order valence-corrected chi connectivity index (χ4v) is 6.23. The molecule has 0 amide bonds. The predicted molar refractivity (Wildman–Crippen MR) is 121 cm³/mol. The Morgan fingerprint density at radius 1 is 0.968 bits per heavy atom. The second-order valence-corrected chi connectivity index (χ2v) is 10.4. The Hall–Kier alpha value is -2.57. The Kier molecular flexibility index (Phi) is 5.15.